The zero-order chi connectivity index (χ0) is 21.1. The summed E-state index contributed by atoms with van der Waals surface area (Å²) in [7, 11) is 0. The van der Waals surface area contributed by atoms with Crippen molar-refractivity contribution in [2.45, 2.75) is 19.9 Å². The molecule has 1 atom stereocenters. The van der Waals surface area contributed by atoms with Crippen LogP contribution in [-0.2, 0) is 4.79 Å². The minimum Gasteiger partial charge on any atom is -0.369 e. The molecule has 3 aromatic rings. The summed E-state index contributed by atoms with van der Waals surface area (Å²) < 4.78 is 14.9. The Hall–Kier alpha value is -3.26. The number of carbonyl (C=O) groups excluding carboxylic acids is 1. The van der Waals surface area contributed by atoms with Crippen molar-refractivity contribution in [1.82, 2.24) is 19.7 Å². The van der Waals surface area contributed by atoms with E-state index in [1.54, 1.807) is 29.2 Å². The maximum absolute atomic E-state index is 13.1. The number of hydrogen-bond donors (Lipinski definition) is 1. The SMILES string of the molecule is Cc1cc(NC(=O)[C@@H](C)N2CCN(c3ccc(F)cc3)CC2)n(-c2ccncc2)n1. The molecule has 3 heterocycles. The van der Waals surface area contributed by atoms with Crippen molar-refractivity contribution in [3.63, 3.8) is 0 Å². The summed E-state index contributed by atoms with van der Waals surface area (Å²) >= 11 is 0. The molecule has 0 bridgehead atoms. The van der Waals surface area contributed by atoms with Crippen molar-refractivity contribution in [2.75, 3.05) is 36.4 Å². The molecular weight excluding hydrogens is 383 g/mol. The van der Waals surface area contributed by atoms with Crippen LogP contribution in [-0.4, -0.2) is 57.8 Å². The fourth-order valence-electron chi connectivity index (χ4n) is 3.69. The summed E-state index contributed by atoms with van der Waals surface area (Å²) in [6.07, 6.45) is 3.39. The molecule has 30 heavy (non-hydrogen) atoms. The maximum atomic E-state index is 13.1. The van der Waals surface area contributed by atoms with Gasteiger partial charge in [-0.3, -0.25) is 14.7 Å². The van der Waals surface area contributed by atoms with Crippen molar-refractivity contribution >= 4 is 17.4 Å². The van der Waals surface area contributed by atoms with E-state index in [-0.39, 0.29) is 17.8 Å². The van der Waals surface area contributed by atoms with E-state index in [0.717, 1.165) is 43.2 Å². The van der Waals surface area contributed by atoms with Gasteiger partial charge in [0.15, 0.2) is 0 Å². The van der Waals surface area contributed by atoms with Gasteiger partial charge in [0.1, 0.15) is 11.6 Å². The van der Waals surface area contributed by atoms with Gasteiger partial charge in [0.25, 0.3) is 0 Å². The summed E-state index contributed by atoms with van der Waals surface area (Å²) in [5.41, 5.74) is 2.67. The van der Waals surface area contributed by atoms with Gasteiger partial charge in [0.05, 0.1) is 17.4 Å². The molecule has 2 aromatic heterocycles. The van der Waals surface area contributed by atoms with E-state index in [9.17, 15) is 9.18 Å². The van der Waals surface area contributed by atoms with Gasteiger partial charge in [-0.2, -0.15) is 5.10 Å². The van der Waals surface area contributed by atoms with Crippen molar-refractivity contribution in [3.05, 3.63) is 66.4 Å². The lowest BCUT2D eigenvalue weighted by Gasteiger charge is -2.38. The number of nitrogens with one attached hydrogen (secondary N) is 1. The first-order valence-electron chi connectivity index (χ1n) is 10.0. The molecule has 4 rings (SSSR count). The predicted octanol–water partition coefficient (Wildman–Crippen LogP) is 2.86. The number of carbonyl (C=O) groups is 1. The van der Waals surface area contributed by atoms with Gasteiger partial charge in [0.2, 0.25) is 5.91 Å². The number of benzene rings is 1. The maximum Gasteiger partial charge on any atom is 0.242 e. The van der Waals surface area contributed by atoms with Crippen LogP contribution in [0.3, 0.4) is 0 Å². The average Bonchev–Trinajstić information content (AvgIpc) is 3.14. The molecule has 0 radical (unpaired) electrons. The average molecular weight is 408 g/mol. The number of pyridine rings is 1. The van der Waals surface area contributed by atoms with E-state index in [1.165, 1.54) is 12.1 Å². The molecule has 0 aliphatic carbocycles. The van der Waals surface area contributed by atoms with Crippen LogP contribution in [0.5, 0.6) is 0 Å². The fourth-order valence-corrected chi connectivity index (χ4v) is 3.69. The molecule has 1 N–H and O–H groups in total. The van der Waals surface area contributed by atoms with E-state index in [1.807, 2.05) is 32.0 Å². The Morgan fingerprint density at radius 3 is 2.37 bits per heavy atom. The minimum atomic E-state index is -0.276. The molecule has 0 unspecified atom stereocenters. The second kappa shape index (κ2) is 8.62. The highest BCUT2D eigenvalue weighted by Crippen LogP contribution is 2.20. The second-order valence-corrected chi connectivity index (χ2v) is 7.45. The van der Waals surface area contributed by atoms with Crippen LogP contribution in [0.25, 0.3) is 5.69 Å². The van der Waals surface area contributed by atoms with Crippen LogP contribution in [0.15, 0.2) is 54.9 Å². The van der Waals surface area contributed by atoms with E-state index in [2.05, 4.69) is 25.2 Å². The van der Waals surface area contributed by atoms with Crippen LogP contribution in [0.4, 0.5) is 15.9 Å². The molecule has 8 heteroatoms. The number of halogens is 1. The third kappa shape index (κ3) is 4.33. The summed E-state index contributed by atoms with van der Waals surface area (Å²) in [6, 6.07) is 11.8. The van der Waals surface area contributed by atoms with Crippen LogP contribution < -0.4 is 10.2 Å². The standard InChI is InChI=1S/C22H25FN6O/c1-16-15-21(29(26-16)20-7-9-24-10-8-20)25-22(30)17(2)27-11-13-28(14-12-27)19-5-3-18(23)4-6-19/h3-10,15,17H,11-14H2,1-2H3,(H,25,30)/t17-/m1/s1. The smallest absolute Gasteiger partial charge is 0.242 e. The van der Waals surface area contributed by atoms with Gasteiger partial charge >= 0.3 is 0 Å². The normalized spacial score (nSPS) is 15.8. The highest BCUT2D eigenvalue weighted by Gasteiger charge is 2.26. The number of hydrogen-bond acceptors (Lipinski definition) is 5. The van der Waals surface area contributed by atoms with Crippen molar-refractivity contribution in [1.29, 1.82) is 0 Å². The molecule has 1 amide bonds. The molecule has 156 valence electrons. The Kier molecular flexibility index (Phi) is 5.76. The van der Waals surface area contributed by atoms with Gasteiger partial charge in [-0.05, 0) is 50.2 Å². The molecule has 1 aliphatic rings. The van der Waals surface area contributed by atoms with Crippen LogP contribution in [0, 0.1) is 12.7 Å². The van der Waals surface area contributed by atoms with Gasteiger partial charge < -0.3 is 10.2 Å². The zero-order valence-corrected chi connectivity index (χ0v) is 17.1. The Labute approximate surface area is 175 Å². The first-order valence-corrected chi connectivity index (χ1v) is 10.0. The summed E-state index contributed by atoms with van der Waals surface area (Å²) in [5, 5.41) is 7.50. The number of aromatic nitrogens is 3. The van der Waals surface area contributed by atoms with Gasteiger partial charge in [-0.25, -0.2) is 9.07 Å². The van der Waals surface area contributed by atoms with Gasteiger partial charge in [-0.1, -0.05) is 0 Å². The molecule has 1 aromatic carbocycles. The third-order valence-corrected chi connectivity index (χ3v) is 5.42. The summed E-state index contributed by atoms with van der Waals surface area (Å²) in [4.78, 5) is 21.3. The van der Waals surface area contributed by atoms with Crippen molar-refractivity contribution in [3.8, 4) is 5.69 Å². The minimum absolute atomic E-state index is 0.0690. The van der Waals surface area contributed by atoms with Crippen molar-refractivity contribution in [2.24, 2.45) is 0 Å². The first kappa shape index (κ1) is 20.0. The number of piperazine rings is 1. The highest BCUT2D eigenvalue weighted by molar-refractivity contribution is 5.94. The third-order valence-electron chi connectivity index (χ3n) is 5.42. The highest BCUT2D eigenvalue weighted by atomic mass is 19.1. The molecule has 1 saturated heterocycles. The second-order valence-electron chi connectivity index (χ2n) is 7.45. The van der Waals surface area contributed by atoms with Crippen LogP contribution >= 0.6 is 0 Å². The Bertz CT molecular complexity index is 996. The monoisotopic (exact) mass is 408 g/mol. The van der Waals surface area contributed by atoms with Crippen LogP contribution in [0.2, 0.25) is 0 Å². The predicted molar refractivity (Wildman–Crippen MR) is 114 cm³/mol. The van der Waals surface area contributed by atoms with E-state index in [0.29, 0.717) is 5.82 Å². The largest absolute Gasteiger partial charge is 0.369 e. The lowest BCUT2D eigenvalue weighted by atomic mass is 10.2. The lowest BCUT2D eigenvalue weighted by Crippen LogP contribution is -2.52. The topological polar surface area (TPSA) is 66.3 Å². The number of amides is 1. The molecule has 0 spiro atoms. The van der Waals surface area contributed by atoms with E-state index in [4.69, 9.17) is 0 Å². The summed E-state index contributed by atoms with van der Waals surface area (Å²) in [5.74, 6) is 0.338. The van der Waals surface area contributed by atoms with Crippen molar-refractivity contribution < 1.29 is 9.18 Å². The molecule has 7 nitrogen and oxygen atoms in total. The number of anilines is 2. The molecule has 1 fully saturated rings. The van der Waals surface area contributed by atoms with E-state index >= 15 is 0 Å². The molecule has 1 aliphatic heterocycles. The number of rotatable bonds is 5. The van der Waals surface area contributed by atoms with Crippen LogP contribution in [0.1, 0.15) is 12.6 Å². The Morgan fingerprint density at radius 1 is 1.03 bits per heavy atom. The molecule has 0 saturated carbocycles. The number of nitrogens with zero attached hydrogens (tertiary/aromatic N) is 5. The molecular formula is C22H25FN6O. The Balaban J connectivity index is 1.39. The zero-order valence-electron chi connectivity index (χ0n) is 17.1. The van der Waals surface area contributed by atoms with Gasteiger partial charge in [0, 0.05) is 50.3 Å². The number of aryl methyl sites for hydroxylation is 1. The quantitative estimate of drug-likeness (QED) is 0.703. The summed E-state index contributed by atoms with van der Waals surface area (Å²) in [6.45, 7) is 6.91. The van der Waals surface area contributed by atoms with Gasteiger partial charge in [-0.15, -0.1) is 0 Å². The fraction of sp³-hybridized carbons (Fsp3) is 0.318. The lowest BCUT2D eigenvalue weighted by molar-refractivity contribution is -0.120. The van der Waals surface area contributed by atoms with E-state index < -0.39 is 0 Å². The first-order chi connectivity index (χ1) is 14.5. The Morgan fingerprint density at radius 2 is 1.70 bits per heavy atom.